The lowest BCUT2D eigenvalue weighted by molar-refractivity contribution is -0.0187. The van der Waals surface area contributed by atoms with Crippen LogP contribution in [0.4, 0.5) is 0 Å². The van der Waals surface area contributed by atoms with Gasteiger partial charge in [0.25, 0.3) is 0 Å². The SMILES string of the molecule is COCOC/C=C/C#C[C@@H](O[Si](C)(C)C(C)(C)C)[C@@H](C#C/C=C/COCOC)O[Si](C)(C)C(C)(C)C. The van der Waals surface area contributed by atoms with Crippen LogP contribution in [0.15, 0.2) is 24.3 Å². The maximum atomic E-state index is 6.79. The Morgan fingerprint density at radius 2 is 0.972 bits per heavy atom. The van der Waals surface area contributed by atoms with Crippen LogP contribution in [0.25, 0.3) is 0 Å². The lowest BCUT2D eigenvalue weighted by Gasteiger charge is -2.42. The quantitative estimate of drug-likeness (QED) is 0.122. The van der Waals surface area contributed by atoms with E-state index in [1.165, 1.54) is 0 Å². The van der Waals surface area contributed by atoms with Crippen LogP contribution >= 0.6 is 0 Å². The molecule has 0 aromatic rings. The summed E-state index contributed by atoms with van der Waals surface area (Å²) in [6.45, 7) is 23.5. The fourth-order valence-corrected chi connectivity index (χ4v) is 4.54. The Morgan fingerprint density at radius 1 is 0.639 bits per heavy atom. The van der Waals surface area contributed by atoms with Gasteiger partial charge in [0.05, 0.1) is 13.2 Å². The summed E-state index contributed by atoms with van der Waals surface area (Å²) in [5, 5.41) is 0.0363. The van der Waals surface area contributed by atoms with E-state index < -0.39 is 28.8 Å². The van der Waals surface area contributed by atoms with Crippen molar-refractivity contribution >= 4 is 16.6 Å². The Hall–Kier alpha value is -1.21. The molecule has 0 saturated heterocycles. The molecule has 0 unspecified atom stereocenters. The minimum atomic E-state index is -2.16. The molecule has 0 aromatic heterocycles. The zero-order chi connectivity index (χ0) is 27.9. The fourth-order valence-electron chi connectivity index (χ4n) is 2.20. The summed E-state index contributed by atoms with van der Waals surface area (Å²) in [5.41, 5.74) is 0. The highest BCUT2D eigenvalue weighted by Crippen LogP contribution is 2.40. The largest absolute Gasteiger partial charge is 0.400 e. The maximum absolute atomic E-state index is 6.79. The molecule has 0 bridgehead atoms. The Morgan fingerprint density at radius 3 is 1.25 bits per heavy atom. The van der Waals surface area contributed by atoms with Crippen molar-refractivity contribution in [1.29, 1.82) is 0 Å². The van der Waals surface area contributed by atoms with Gasteiger partial charge in [-0.25, -0.2) is 0 Å². The first kappa shape index (κ1) is 34.8. The Bertz CT molecular complexity index is 730. The molecule has 0 saturated carbocycles. The number of ether oxygens (including phenoxy) is 4. The number of allylic oxidation sites excluding steroid dienone is 2. The third kappa shape index (κ3) is 13.9. The summed E-state index contributed by atoms with van der Waals surface area (Å²) in [4.78, 5) is 0. The smallest absolute Gasteiger partial charge is 0.193 e. The lowest BCUT2D eigenvalue weighted by Crippen LogP contribution is -2.51. The van der Waals surface area contributed by atoms with Crippen LogP contribution in [0.2, 0.25) is 36.3 Å². The molecule has 0 fully saturated rings. The van der Waals surface area contributed by atoms with Gasteiger partial charge in [-0.2, -0.15) is 0 Å². The van der Waals surface area contributed by atoms with Crippen LogP contribution in [-0.4, -0.2) is 69.9 Å². The maximum Gasteiger partial charge on any atom is 0.193 e. The number of rotatable bonds is 13. The highest BCUT2D eigenvalue weighted by Gasteiger charge is 2.44. The second-order valence-electron chi connectivity index (χ2n) is 11.5. The predicted octanol–water partition coefficient (Wildman–Crippen LogP) is 6.13. The van der Waals surface area contributed by atoms with Crippen LogP contribution < -0.4 is 0 Å². The van der Waals surface area contributed by atoms with E-state index in [1.54, 1.807) is 26.4 Å². The summed E-state index contributed by atoms with van der Waals surface area (Å²) >= 11 is 0. The molecule has 0 amide bonds. The van der Waals surface area contributed by atoms with Gasteiger partial charge >= 0.3 is 0 Å². The van der Waals surface area contributed by atoms with Crippen molar-refractivity contribution in [2.45, 2.75) is 90.0 Å². The molecule has 0 spiro atoms. The van der Waals surface area contributed by atoms with Gasteiger partial charge in [0, 0.05) is 14.2 Å². The van der Waals surface area contributed by atoms with E-state index in [-0.39, 0.29) is 23.7 Å². The first-order valence-corrected chi connectivity index (χ1v) is 18.2. The van der Waals surface area contributed by atoms with Gasteiger partial charge in [-0.3, -0.25) is 0 Å². The standard InChI is InChI=1S/C28H50O6Si2/c1-27(2,3)35(9,10)33-25(19-15-13-17-21-31-23-29-7)26(34-36(11,12)28(4,5)6)20-16-14-18-22-32-24-30-8/h13-14,17-18,25-26H,21-24H2,1-12H3/b17-13+,18-14+/t25-,26-/m1/s1. The molecule has 36 heavy (non-hydrogen) atoms. The third-order valence-corrected chi connectivity index (χ3v) is 15.3. The normalized spacial score (nSPS) is 14.9. The minimum absolute atomic E-state index is 0.0182. The third-order valence-electron chi connectivity index (χ3n) is 6.41. The first-order chi connectivity index (χ1) is 16.6. The van der Waals surface area contributed by atoms with Crippen LogP contribution in [0.5, 0.6) is 0 Å². The van der Waals surface area contributed by atoms with Crippen LogP contribution in [0, 0.1) is 23.7 Å². The molecule has 2 atom stereocenters. The Kier molecular flexibility index (Phi) is 16.0. The first-order valence-electron chi connectivity index (χ1n) is 12.4. The van der Waals surface area contributed by atoms with Crippen molar-refractivity contribution < 1.29 is 27.8 Å². The van der Waals surface area contributed by atoms with Gasteiger partial charge in [-0.05, 0) is 48.4 Å². The van der Waals surface area contributed by atoms with E-state index in [2.05, 4.69) is 91.4 Å². The summed E-state index contributed by atoms with van der Waals surface area (Å²) in [6, 6.07) is 0. The molecular formula is C28H50O6Si2. The van der Waals surface area contributed by atoms with E-state index in [0.717, 1.165) is 0 Å². The molecule has 0 aliphatic carbocycles. The second kappa shape index (κ2) is 16.6. The summed E-state index contributed by atoms with van der Waals surface area (Å²) in [7, 11) is -1.13. The number of hydrogen-bond donors (Lipinski definition) is 0. The van der Waals surface area contributed by atoms with E-state index in [4.69, 9.17) is 27.8 Å². The average Bonchev–Trinajstić information content (AvgIpc) is 2.74. The molecule has 0 aromatic carbocycles. The lowest BCUT2D eigenvalue weighted by atomic mass is 10.2. The highest BCUT2D eigenvalue weighted by atomic mass is 28.4. The zero-order valence-corrected chi connectivity index (χ0v) is 26.7. The molecule has 0 rings (SSSR count). The van der Waals surface area contributed by atoms with Crippen molar-refractivity contribution in [2.24, 2.45) is 0 Å². The summed E-state index contributed by atoms with van der Waals surface area (Å²) in [5.74, 6) is 12.9. The molecule has 0 aliphatic rings. The van der Waals surface area contributed by atoms with Crippen molar-refractivity contribution in [3.8, 4) is 23.7 Å². The molecule has 6 nitrogen and oxygen atoms in total. The van der Waals surface area contributed by atoms with Crippen molar-refractivity contribution in [1.82, 2.24) is 0 Å². The topological polar surface area (TPSA) is 55.4 Å². The van der Waals surface area contributed by atoms with Crippen LogP contribution in [0.3, 0.4) is 0 Å². The van der Waals surface area contributed by atoms with Gasteiger partial charge in [0.2, 0.25) is 0 Å². The van der Waals surface area contributed by atoms with Crippen molar-refractivity contribution in [3.63, 3.8) is 0 Å². The van der Waals surface area contributed by atoms with Crippen LogP contribution in [-0.2, 0) is 27.8 Å². The summed E-state index contributed by atoms with van der Waals surface area (Å²) in [6.07, 6.45) is 6.29. The number of hydrogen-bond acceptors (Lipinski definition) is 6. The van der Waals surface area contributed by atoms with Gasteiger partial charge < -0.3 is 27.8 Å². The predicted molar refractivity (Wildman–Crippen MR) is 154 cm³/mol. The molecule has 0 N–H and O–H groups in total. The van der Waals surface area contributed by atoms with Crippen molar-refractivity contribution in [2.75, 3.05) is 41.0 Å². The van der Waals surface area contributed by atoms with E-state index in [9.17, 15) is 0 Å². The van der Waals surface area contributed by atoms with Gasteiger partial charge in [-0.15, -0.1) is 0 Å². The second-order valence-corrected chi connectivity index (χ2v) is 21.0. The van der Waals surface area contributed by atoms with Gasteiger partial charge in [0.15, 0.2) is 16.6 Å². The molecule has 0 radical (unpaired) electrons. The van der Waals surface area contributed by atoms with Crippen LogP contribution in [0.1, 0.15) is 41.5 Å². The minimum Gasteiger partial charge on any atom is -0.400 e. The zero-order valence-electron chi connectivity index (χ0n) is 24.7. The molecular weight excluding hydrogens is 488 g/mol. The summed E-state index contributed by atoms with van der Waals surface area (Å²) < 4.78 is 34.0. The monoisotopic (exact) mass is 538 g/mol. The Balaban J connectivity index is 6.14. The van der Waals surface area contributed by atoms with Gasteiger partial charge in [0.1, 0.15) is 25.8 Å². The highest BCUT2D eigenvalue weighted by molar-refractivity contribution is 6.74. The Labute approximate surface area is 223 Å². The molecule has 8 heteroatoms. The molecule has 0 aliphatic heterocycles. The van der Waals surface area contributed by atoms with E-state index >= 15 is 0 Å². The molecule has 206 valence electrons. The average molecular weight is 539 g/mol. The molecule has 0 heterocycles. The van der Waals surface area contributed by atoms with E-state index in [1.807, 2.05) is 12.2 Å². The number of methoxy groups -OCH3 is 2. The fraction of sp³-hybridized carbons (Fsp3) is 0.714. The van der Waals surface area contributed by atoms with E-state index in [0.29, 0.717) is 13.2 Å². The van der Waals surface area contributed by atoms with Crippen molar-refractivity contribution in [3.05, 3.63) is 24.3 Å². The van der Waals surface area contributed by atoms with Gasteiger partial charge in [-0.1, -0.05) is 77.4 Å².